The number of nitro groups is 1. The van der Waals surface area contributed by atoms with Crippen molar-refractivity contribution in [3.63, 3.8) is 0 Å². The van der Waals surface area contributed by atoms with Crippen molar-refractivity contribution in [2.45, 2.75) is 0 Å². The number of benzene rings is 2. The maximum absolute atomic E-state index is 10.2. The van der Waals surface area contributed by atoms with Gasteiger partial charge in [-0.05, 0) is 12.1 Å². The lowest BCUT2D eigenvalue weighted by molar-refractivity contribution is -0.384. The summed E-state index contributed by atoms with van der Waals surface area (Å²) >= 11 is 0. The average Bonchev–Trinajstić information content (AvgIpc) is 2.40. The van der Waals surface area contributed by atoms with E-state index in [1.165, 1.54) is 24.3 Å². The Morgan fingerprint density at radius 2 is 1.40 bits per heavy atom. The van der Waals surface area contributed by atoms with E-state index < -0.39 is 15.2 Å². The van der Waals surface area contributed by atoms with Gasteiger partial charge in [0, 0.05) is 12.1 Å². The second kappa shape index (κ2) is 7.22. The Labute approximate surface area is 115 Å². The SMILES string of the molecule is O=S(=O)(O)Nc1ccccc1.O=[N+]([O-])c1ccccc1. The minimum Gasteiger partial charge on any atom is -0.269 e. The molecule has 0 heterocycles. The van der Waals surface area contributed by atoms with E-state index in [0.29, 0.717) is 5.69 Å². The zero-order valence-corrected chi connectivity index (χ0v) is 11.0. The van der Waals surface area contributed by atoms with Crippen LogP contribution in [0.1, 0.15) is 0 Å². The van der Waals surface area contributed by atoms with Gasteiger partial charge < -0.3 is 0 Å². The van der Waals surface area contributed by atoms with Crippen LogP contribution in [0.5, 0.6) is 0 Å². The van der Waals surface area contributed by atoms with Crippen LogP contribution in [0.25, 0.3) is 0 Å². The predicted octanol–water partition coefficient (Wildman–Crippen LogP) is 2.50. The molecule has 2 aromatic carbocycles. The van der Waals surface area contributed by atoms with Crippen LogP contribution in [0.4, 0.5) is 11.4 Å². The van der Waals surface area contributed by atoms with Crippen molar-refractivity contribution in [2.75, 3.05) is 4.72 Å². The standard InChI is InChI=1S/C6H7NO3S.C6H5NO2/c8-11(9,10)7-6-4-2-1-3-5-6;8-7(9)6-4-2-1-3-5-6/h1-5,7H,(H,8,9,10);1-5H. The zero-order chi connectivity index (χ0) is 15.0. The molecule has 106 valence electrons. The van der Waals surface area contributed by atoms with Crippen LogP contribution >= 0.6 is 0 Å². The summed E-state index contributed by atoms with van der Waals surface area (Å²) in [4.78, 5) is 9.59. The van der Waals surface area contributed by atoms with Crippen LogP contribution in [-0.4, -0.2) is 17.9 Å². The van der Waals surface area contributed by atoms with E-state index in [0.717, 1.165) is 0 Å². The topological polar surface area (TPSA) is 110 Å². The van der Waals surface area contributed by atoms with Gasteiger partial charge in [-0.2, -0.15) is 8.42 Å². The summed E-state index contributed by atoms with van der Waals surface area (Å²) in [5.41, 5.74) is 0.479. The molecular formula is C12H12N2O5S. The highest BCUT2D eigenvalue weighted by molar-refractivity contribution is 7.87. The molecule has 0 aliphatic heterocycles. The van der Waals surface area contributed by atoms with Gasteiger partial charge in [-0.3, -0.25) is 19.4 Å². The van der Waals surface area contributed by atoms with Crippen molar-refractivity contribution in [3.05, 3.63) is 70.8 Å². The van der Waals surface area contributed by atoms with E-state index in [4.69, 9.17) is 4.55 Å². The van der Waals surface area contributed by atoms with Crippen LogP contribution in [0, 0.1) is 10.1 Å². The molecule has 0 atom stereocenters. The monoisotopic (exact) mass is 296 g/mol. The Balaban J connectivity index is 0.000000204. The van der Waals surface area contributed by atoms with Gasteiger partial charge in [-0.15, -0.1) is 0 Å². The Bertz CT molecular complexity index is 644. The highest BCUT2D eigenvalue weighted by Gasteiger charge is 2.01. The van der Waals surface area contributed by atoms with Crippen molar-refractivity contribution in [2.24, 2.45) is 0 Å². The molecule has 0 bridgehead atoms. The summed E-state index contributed by atoms with van der Waals surface area (Å²) in [6.07, 6.45) is 0. The highest BCUT2D eigenvalue weighted by Crippen LogP contribution is 2.07. The number of hydrogen-bond acceptors (Lipinski definition) is 4. The first-order chi connectivity index (χ1) is 9.38. The zero-order valence-electron chi connectivity index (χ0n) is 10.2. The molecule has 0 radical (unpaired) electrons. The summed E-state index contributed by atoms with van der Waals surface area (Å²) in [6, 6.07) is 16.1. The van der Waals surface area contributed by atoms with E-state index >= 15 is 0 Å². The predicted molar refractivity (Wildman–Crippen MR) is 74.7 cm³/mol. The van der Waals surface area contributed by atoms with Crippen molar-refractivity contribution in [1.29, 1.82) is 0 Å². The molecular weight excluding hydrogens is 284 g/mol. The Kier molecular flexibility index (Phi) is 5.63. The number of non-ortho nitro benzene ring substituents is 1. The van der Waals surface area contributed by atoms with Gasteiger partial charge in [-0.25, -0.2) is 0 Å². The van der Waals surface area contributed by atoms with Gasteiger partial charge in [-0.1, -0.05) is 36.4 Å². The summed E-state index contributed by atoms with van der Waals surface area (Å²) in [7, 11) is -4.13. The van der Waals surface area contributed by atoms with Crippen LogP contribution in [0.3, 0.4) is 0 Å². The number of nitrogens with one attached hydrogen (secondary N) is 1. The van der Waals surface area contributed by atoms with Gasteiger partial charge in [0.15, 0.2) is 0 Å². The van der Waals surface area contributed by atoms with Gasteiger partial charge in [0.1, 0.15) is 0 Å². The van der Waals surface area contributed by atoms with E-state index in [1.54, 1.807) is 36.4 Å². The summed E-state index contributed by atoms with van der Waals surface area (Å²) in [5, 5.41) is 10.0. The van der Waals surface area contributed by atoms with E-state index in [-0.39, 0.29) is 5.69 Å². The fourth-order valence-electron chi connectivity index (χ4n) is 1.20. The largest absolute Gasteiger partial charge is 0.357 e. The van der Waals surface area contributed by atoms with Crippen molar-refractivity contribution < 1.29 is 17.9 Å². The number of anilines is 1. The van der Waals surface area contributed by atoms with Gasteiger partial charge in [0.25, 0.3) is 5.69 Å². The lowest BCUT2D eigenvalue weighted by Gasteiger charge is -1.99. The highest BCUT2D eigenvalue weighted by atomic mass is 32.2. The first-order valence-electron chi connectivity index (χ1n) is 5.38. The first-order valence-corrected chi connectivity index (χ1v) is 6.82. The minimum atomic E-state index is -4.13. The second-order valence-electron chi connectivity index (χ2n) is 3.54. The van der Waals surface area contributed by atoms with Crippen LogP contribution in [0.15, 0.2) is 60.7 Å². The van der Waals surface area contributed by atoms with Crippen molar-refractivity contribution in [3.8, 4) is 0 Å². The smallest absolute Gasteiger partial charge is 0.269 e. The lowest BCUT2D eigenvalue weighted by atomic mass is 10.3. The fraction of sp³-hybridized carbons (Fsp3) is 0. The Morgan fingerprint density at radius 3 is 1.75 bits per heavy atom. The average molecular weight is 296 g/mol. The molecule has 7 nitrogen and oxygen atoms in total. The summed E-state index contributed by atoms with van der Waals surface area (Å²) in [6.45, 7) is 0. The third-order valence-electron chi connectivity index (χ3n) is 1.99. The van der Waals surface area contributed by atoms with E-state index in [1.807, 2.05) is 4.72 Å². The third-order valence-corrected chi connectivity index (χ3v) is 2.48. The molecule has 0 aliphatic rings. The van der Waals surface area contributed by atoms with E-state index in [9.17, 15) is 18.5 Å². The number of hydrogen-bond donors (Lipinski definition) is 2. The molecule has 0 aliphatic carbocycles. The van der Waals surface area contributed by atoms with Crippen LogP contribution in [-0.2, 0) is 10.3 Å². The maximum atomic E-state index is 10.2. The number of para-hydroxylation sites is 2. The molecule has 2 N–H and O–H groups in total. The summed E-state index contributed by atoms with van der Waals surface area (Å²) < 4.78 is 30.7. The second-order valence-corrected chi connectivity index (χ2v) is 4.69. The Hall–Kier alpha value is -2.45. The maximum Gasteiger partial charge on any atom is 0.357 e. The van der Waals surface area contributed by atoms with Gasteiger partial charge >= 0.3 is 10.3 Å². The molecule has 2 rings (SSSR count). The first kappa shape index (κ1) is 15.6. The molecule has 8 heteroatoms. The third kappa shape index (κ3) is 6.47. The molecule has 0 saturated heterocycles. The Morgan fingerprint density at radius 1 is 0.950 bits per heavy atom. The van der Waals surface area contributed by atoms with Gasteiger partial charge in [0.05, 0.1) is 10.6 Å². The number of rotatable bonds is 3. The van der Waals surface area contributed by atoms with Crippen LogP contribution in [0.2, 0.25) is 0 Å². The normalized spacial score (nSPS) is 10.1. The molecule has 0 spiro atoms. The van der Waals surface area contributed by atoms with Crippen molar-refractivity contribution >= 4 is 21.7 Å². The van der Waals surface area contributed by atoms with Gasteiger partial charge in [0.2, 0.25) is 0 Å². The molecule has 2 aromatic rings. The summed E-state index contributed by atoms with van der Waals surface area (Å²) in [5.74, 6) is 0. The molecule has 0 saturated carbocycles. The number of nitrogens with zero attached hydrogens (tertiary/aromatic N) is 1. The van der Waals surface area contributed by atoms with E-state index in [2.05, 4.69) is 0 Å². The molecule has 0 unspecified atom stereocenters. The lowest BCUT2D eigenvalue weighted by Crippen LogP contribution is -2.09. The number of nitro benzene ring substituents is 1. The van der Waals surface area contributed by atoms with Crippen molar-refractivity contribution in [1.82, 2.24) is 0 Å². The minimum absolute atomic E-state index is 0.137. The molecule has 0 amide bonds. The quantitative estimate of drug-likeness (QED) is 0.513. The molecule has 0 aromatic heterocycles. The molecule has 0 fully saturated rings. The fourth-order valence-corrected chi connectivity index (χ4v) is 1.64. The molecule has 20 heavy (non-hydrogen) atoms. The van der Waals surface area contributed by atoms with Crippen LogP contribution < -0.4 is 4.72 Å².